The quantitative estimate of drug-likeness (QED) is 0.641. The second-order valence-corrected chi connectivity index (χ2v) is 5.70. The summed E-state index contributed by atoms with van der Waals surface area (Å²) in [7, 11) is 4.10. The molecule has 1 fully saturated rings. The lowest BCUT2D eigenvalue weighted by Crippen LogP contribution is -2.38. The molecular weight excluding hydrogens is 248 g/mol. The number of likely N-dealkylation sites (N-methyl/N-ethyl adjacent to an activating group) is 1. The summed E-state index contributed by atoms with van der Waals surface area (Å²) in [6, 6.07) is 2.31. The number of hydrogen-bond acceptors (Lipinski definition) is 6. The lowest BCUT2D eigenvalue weighted by Gasteiger charge is -2.27. The fraction of sp³-hybridized carbons (Fsp3) is 0.667. The molecule has 0 spiro atoms. The molecule has 0 amide bonds. The van der Waals surface area contributed by atoms with Crippen molar-refractivity contribution in [3.8, 4) is 0 Å². The van der Waals surface area contributed by atoms with E-state index in [9.17, 15) is 5.11 Å². The van der Waals surface area contributed by atoms with E-state index in [0.29, 0.717) is 12.6 Å². The fourth-order valence-electron chi connectivity index (χ4n) is 2.37. The van der Waals surface area contributed by atoms with E-state index in [4.69, 9.17) is 0 Å². The molecule has 1 N–H and O–H groups in total. The first-order valence-electron chi connectivity index (χ1n) is 6.05. The zero-order valence-corrected chi connectivity index (χ0v) is 11.9. The van der Waals surface area contributed by atoms with E-state index >= 15 is 0 Å². The number of aromatic nitrogens is 2. The highest BCUT2D eigenvalue weighted by Gasteiger charge is 2.32. The van der Waals surface area contributed by atoms with Crippen LogP contribution in [0.5, 0.6) is 0 Å². The Balaban J connectivity index is 2.18. The SMILES string of the molecule is CSc1cc(N2CC(O)CC2CN(C)C)ncn1. The lowest BCUT2D eigenvalue weighted by atomic mass is 10.2. The second-order valence-electron chi connectivity index (χ2n) is 4.88. The lowest BCUT2D eigenvalue weighted by molar-refractivity contribution is 0.191. The van der Waals surface area contributed by atoms with Crippen molar-refractivity contribution in [1.29, 1.82) is 0 Å². The van der Waals surface area contributed by atoms with Crippen LogP contribution in [0.3, 0.4) is 0 Å². The Bertz CT molecular complexity index is 401. The molecule has 0 aliphatic carbocycles. The molecule has 1 saturated heterocycles. The van der Waals surface area contributed by atoms with Crippen molar-refractivity contribution in [1.82, 2.24) is 14.9 Å². The molecule has 1 aliphatic rings. The van der Waals surface area contributed by atoms with E-state index in [0.717, 1.165) is 23.8 Å². The molecule has 2 atom stereocenters. The predicted molar refractivity (Wildman–Crippen MR) is 74.1 cm³/mol. The van der Waals surface area contributed by atoms with Gasteiger partial charge in [-0.1, -0.05) is 0 Å². The summed E-state index contributed by atoms with van der Waals surface area (Å²) in [6.45, 7) is 1.58. The van der Waals surface area contributed by atoms with E-state index in [1.165, 1.54) is 0 Å². The van der Waals surface area contributed by atoms with Crippen LogP contribution in [-0.4, -0.2) is 65.6 Å². The molecule has 1 aliphatic heterocycles. The van der Waals surface area contributed by atoms with Crippen LogP contribution in [-0.2, 0) is 0 Å². The third kappa shape index (κ3) is 3.13. The van der Waals surface area contributed by atoms with Crippen LogP contribution in [0, 0.1) is 0 Å². The van der Waals surface area contributed by atoms with E-state index < -0.39 is 0 Å². The summed E-state index contributed by atoms with van der Waals surface area (Å²) in [5.41, 5.74) is 0. The summed E-state index contributed by atoms with van der Waals surface area (Å²) in [6.07, 6.45) is 4.14. The van der Waals surface area contributed by atoms with Gasteiger partial charge in [-0.3, -0.25) is 0 Å². The third-order valence-electron chi connectivity index (χ3n) is 3.10. The monoisotopic (exact) mass is 268 g/mol. The maximum Gasteiger partial charge on any atom is 0.133 e. The average molecular weight is 268 g/mol. The van der Waals surface area contributed by atoms with Gasteiger partial charge in [0.15, 0.2) is 0 Å². The van der Waals surface area contributed by atoms with Crippen molar-refractivity contribution in [2.24, 2.45) is 0 Å². The normalized spacial score (nSPS) is 23.9. The molecule has 5 nitrogen and oxygen atoms in total. The molecule has 2 rings (SSSR count). The van der Waals surface area contributed by atoms with Gasteiger partial charge in [0.05, 0.1) is 6.10 Å². The van der Waals surface area contributed by atoms with Gasteiger partial charge in [0, 0.05) is 25.2 Å². The van der Waals surface area contributed by atoms with Crippen LogP contribution >= 0.6 is 11.8 Å². The van der Waals surface area contributed by atoms with E-state index in [1.807, 2.05) is 12.3 Å². The maximum atomic E-state index is 9.86. The standard InChI is InChI=1S/C12H20N4OS/c1-15(2)6-9-4-10(17)7-16(9)11-5-12(18-3)14-8-13-11/h5,8-10,17H,4,6-7H2,1-3H3. The Kier molecular flexibility index (Phi) is 4.42. The highest BCUT2D eigenvalue weighted by molar-refractivity contribution is 7.98. The molecule has 6 heteroatoms. The molecule has 18 heavy (non-hydrogen) atoms. The minimum absolute atomic E-state index is 0.261. The average Bonchev–Trinajstić information content (AvgIpc) is 2.69. The van der Waals surface area contributed by atoms with Crippen molar-refractivity contribution in [2.45, 2.75) is 23.6 Å². The second kappa shape index (κ2) is 5.86. The first-order chi connectivity index (χ1) is 8.60. The molecule has 0 saturated carbocycles. The van der Waals surface area contributed by atoms with Gasteiger partial charge in [-0.2, -0.15) is 0 Å². The Morgan fingerprint density at radius 1 is 1.50 bits per heavy atom. The number of nitrogens with zero attached hydrogens (tertiary/aromatic N) is 4. The fourth-order valence-corrected chi connectivity index (χ4v) is 2.74. The molecule has 1 aromatic rings. The molecule has 0 aromatic carbocycles. The highest BCUT2D eigenvalue weighted by atomic mass is 32.2. The number of anilines is 1. The zero-order valence-electron chi connectivity index (χ0n) is 11.1. The number of aliphatic hydroxyl groups is 1. The topological polar surface area (TPSA) is 52.5 Å². The zero-order chi connectivity index (χ0) is 13.1. The predicted octanol–water partition coefficient (Wildman–Crippen LogP) is 0.700. The Morgan fingerprint density at radius 2 is 2.28 bits per heavy atom. The van der Waals surface area contributed by atoms with Crippen LogP contribution in [0.15, 0.2) is 17.4 Å². The van der Waals surface area contributed by atoms with Crippen LogP contribution < -0.4 is 4.90 Å². The Morgan fingerprint density at radius 3 is 2.94 bits per heavy atom. The molecule has 1 aromatic heterocycles. The minimum Gasteiger partial charge on any atom is -0.391 e. The molecule has 100 valence electrons. The van der Waals surface area contributed by atoms with Gasteiger partial charge in [-0.05, 0) is 26.8 Å². The first kappa shape index (κ1) is 13.6. The van der Waals surface area contributed by atoms with Crippen LogP contribution in [0.4, 0.5) is 5.82 Å². The Hall–Kier alpha value is -0.850. The van der Waals surface area contributed by atoms with Gasteiger partial charge < -0.3 is 14.9 Å². The number of β-amino-alcohol motifs (C(OH)–C–C–N with tert-alkyl or cyclic N) is 1. The van der Waals surface area contributed by atoms with Crippen molar-refractivity contribution < 1.29 is 5.11 Å². The largest absolute Gasteiger partial charge is 0.391 e. The summed E-state index contributed by atoms with van der Waals surface area (Å²) >= 11 is 1.61. The molecule has 0 bridgehead atoms. The van der Waals surface area contributed by atoms with Gasteiger partial charge in [-0.15, -0.1) is 11.8 Å². The van der Waals surface area contributed by atoms with Crippen LogP contribution in [0.1, 0.15) is 6.42 Å². The number of thioether (sulfide) groups is 1. The Labute approximate surface area is 112 Å². The van der Waals surface area contributed by atoms with Crippen molar-refractivity contribution in [3.63, 3.8) is 0 Å². The van der Waals surface area contributed by atoms with Crippen molar-refractivity contribution in [3.05, 3.63) is 12.4 Å². The van der Waals surface area contributed by atoms with E-state index in [1.54, 1.807) is 18.1 Å². The van der Waals surface area contributed by atoms with Crippen molar-refractivity contribution in [2.75, 3.05) is 38.3 Å². The third-order valence-corrected chi connectivity index (χ3v) is 3.74. The summed E-state index contributed by atoms with van der Waals surface area (Å²) in [4.78, 5) is 12.9. The number of aliphatic hydroxyl groups excluding tert-OH is 1. The molecule has 2 unspecified atom stereocenters. The molecule has 0 radical (unpaired) electrons. The minimum atomic E-state index is -0.261. The summed E-state index contributed by atoms with van der Waals surface area (Å²) < 4.78 is 0. The van der Waals surface area contributed by atoms with E-state index in [2.05, 4.69) is 33.9 Å². The molecule has 2 heterocycles. The number of hydrogen-bond donors (Lipinski definition) is 1. The highest BCUT2D eigenvalue weighted by Crippen LogP contribution is 2.26. The first-order valence-corrected chi connectivity index (χ1v) is 7.28. The van der Waals surface area contributed by atoms with Crippen molar-refractivity contribution >= 4 is 17.6 Å². The number of rotatable bonds is 4. The smallest absolute Gasteiger partial charge is 0.133 e. The van der Waals surface area contributed by atoms with Gasteiger partial charge in [0.1, 0.15) is 17.2 Å². The van der Waals surface area contributed by atoms with Gasteiger partial charge in [-0.25, -0.2) is 9.97 Å². The summed E-state index contributed by atoms with van der Waals surface area (Å²) in [5, 5.41) is 10.8. The summed E-state index contributed by atoms with van der Waals surface area (Å²) in [5.74, 6) is 0.915. The molecular formula is C12H20N4OS. The van der Waals surface area contributed by atoms with Gasteiger partial charge >= 0.3 is 0 Å². The van der Waals surface area contributed by atoms with Gasteiger partial charge in [0.2, 0.25) is 0 Å². The van der Waals surface area contributed by atoms with Crippen LogP contribution in [0.25, 0.3) is 0 Å². The van der Waals surface area contributed by atoms with Gasteiger partial charge in [0.25, 0.3) is 0 Å². The van der Waals surface area contributed by atoms with E-state index in [-0.39, 0.29) is 6.10 Å². The van der Waals surface area contributed by atoms with Crippen LogP contribution in [0.2, 0.25) is 0 Å². The maximum absolute atomic E-state index is 9.86.